The van der Waals surface area contributed by atoms with Crippen LogP contribution in [0.25, 0.3) is 0 Å². The number of benzene rings is 1. The number of amides is 2. The minimum Gasteiger partial charge on any atom is -0.481 e. The molecule has 0 aliphatic rings. The predicted octanol–water partition coefficient (Wildman–Crippen LogP) is 1.36. The minimum atomic E-state index is -0.965. The third-order valence-electron chi connectivity index (χ3n) is 2.88. The van der Waals surface area contributed by atoms with Crippen LogP contribution in [0.1, 0.15) is 17.3 Å². The summed E-state index contributed by atoms with van der Waals surface area (Å²) >= 11 is 3.26. The maximum Gasteiger partial charge on any atom is 0.308 e. The molecule has 0 aliphatic heterocycles. The minimum absolute atomic E-state index is 0.0981. The summed E-state index contributed by atoms with van der Waals surface area (Å²) in [6, 6.07) is 6.81. The van der Waals surface area contributed by atoms with E-state index < -0.39 is 11.9 Å². The smallest absolute Gasteiger partial charge is 0.308 e. The summed E-state index contributed by atoms with van der Waals surface area (Å²) in [7, 11) is 1.51. The molecular weight excluding hydrogens is 340 g/mol. The fourth-order valence-electron chi connectivity index (χ4n) is 1.61. The van der Waals surface area contributed by atoms with Crippen molar-refractivity contribution >= 4 is 33.7 Å². The van der Waals surface area contributed by atoms with Gasteiger partial charge in [0.15, 0.2) is 0 Å². The predicted molar refractivity (Wildman–Crippen MR) is 80.9 cm³/mol. The number of hydrogen-bond donors (Lipinski definition) is 2. The molecule has 0 radical (unpaired) electrons. The van der Waals surface area contributed by atoms with Gasteiger partial charge in [0.1, 0.15) is 0 Å². The van der Waals surface area contributed by atoms with Gasteiger partial charge in [-0.2, -0.15) is 0 Å². The van der Waals surface area contributed by atoms with E-state index in [0.717, 1.165) is 4.47 Å². The van der Waals surface area contributed by atoms with Crippen molar-refractivity contribution in [3.8, 4) is 0 Å². The first-order valence-corrected chi connectivity index (χ1v) is 7.11. The standard InChI is InChI=1S/C14H17BrN2O4/c1-9(14(20)21)8-17(2)12(18)7-16-13(19)10-4-3-5-11(15)6-10/h3-6,9H,7-8H2,1-2H3,(H,16,19)(H,20,21). The van der Waals surface area contributed by atoms with Crippen LogP contribution in [0, 0.1) is 5.92 Å². The van der Waals surface area contributed by atoms with E-state index >= 15 is 0 Å². The Hall–Kier alpha value is -1.89. The molecule has 114 valence electrons. The third-order valence-corrected chi connectivity index (χ3v) is 3.38. The molecule has 0 fully saturated rings. The van der Waals surface area contributed by atoms with Crippen LogP contribution in [-0.2, 0) is 9.59 Å². The maximum absolute atomic E-state index is 11.9. The first kappa shape index (κ1) is 17.2. The lowest BCUT2D eigenvalue weighted by Crippen LogP contribution is -2.40. The number of carbonyl (C=O) groups excluding carboxylic acids is 2. The molecule has 0 heterocycles. The molecule has 0 aliphatic carbocycles. The van der Waals surface area contributed by atoms with Gasteiger partial charge < -0.3 is 15.3 Å². The van der Waals surface area contributed by atoms with Gasteiger partial charge in [-0.25, -0.2) is 0 Å². The van der Waals surface area contributed by atoms with E-state index in [0.29, 0.717) is 5.56 Å². The molecule has 2 amide bonds. The summed E-state index contributed by atoms with van der Waals surface area (Å²) in [6.07, 6.45) is 0. The highest BCUT2D eigenvalue weighted by molar-refractivity contribution is 9.10. The Morgan fingerprint density at radius 1 is 1.38 bits per heavy atom. The zero-order valence-corrected chi connectivity index (χ0v) is 13.4. The van der Waals surface area contributed by atoms with Gasteiger partial charge in [-0.05, 0) is 18.2 Å². The number of nitrogens with zero attached hydrogens (tertiary/aromatic N) is 1. The van der Waals surface area contributed by atoms with Crippen molar-refractivity contribution in [2.24, 2.45) is 5.92 Å². The Kier molecular flexibility index (Phi) is 6.36. The van der Waals surface area contributed by atoms with Crippen LogP contribution < -0.4 is 5.32 Å². The first-order chi connectivity index (χ1) is 9.81. The number of aliphatic carboxylic acids is 1. The van der Waals surface area contributed by atoms with Crippen molar-refractivity contribution in [1.82, 2.24) is 10.2 Å². The van der Waals surface area contributed by atoms with E-state index in [1.54, 1.807) is 24.3 Å². The molecule has 1 unspecified atom stereocenters. The quantitative estimate of drug-likeness (QED) is 0.805. The summed E-state index contributed by atoms with van der Waals surface area (Å²) in [6.45, 7) is 1.45. The van der Waals surface area contributed by atoms with Crippen molar-refractivity contribution in [3.63, 3.8) is 0 Å². The third kappa shape index (κ3) is 5.55. The summed E-state index contributed by atoms with van der Waals surface area (Å²) in [5, 5.41) is 11.3. The summed E-state index contributed by atoms with van der Waals surface area (Å²) in [5.41, 5.74) is 0.443. The van der Waals surface area contributed by atoms with E-state index in [1.165, 1.54) is 18.9 Å². The highest BCUT2D eigenvalue weighted by Gasteiger charge is 2.18. The van der Waals surface area contributed by atoms with Crippen LogP contribution in [-0.4, -0.2) is 47.9 Å². The van der Waals surface area contributed by atoms with E-state index in [-0.39, 0.29) is 24.9 Å². The molecule has 1 aromatic carbocycles. The number of carboxylic acids is 1. The van der Waals surface area contributed by atoms with Crippen LogP contribution in [0.3, 0.4) is 0 Å². The molecule has 0 spiro atoms. The molecule has 7 heteroatoms. The van der Waals surface area contributed by atoms with Gasteiger partial charge in [0, 0.05) is 23.6 Å². The largest absolute Gasteiger partial charge is 0.481 e. The molecule has 0 bridgehead atoms. The monoisotopic (exact) mass is 356 g/mol. The number of hydrogen-bond acceptors (Lipinski definition) is 3. The molecule has 1 atom stereocenters. The highest BCUT2D eigenvalue weighted by Crippen LogP contribution is 2.11. The molecule has 1 rings (SSSR count). The highest BCUT2D eigenvalue weighted by atomic mass is 79.9. The lowest BCUT2D eigenvalue weighted by atomic mass is 10.2. The van der Waals surface area contributed by atoms with Gasteiger partial charge >= 0.3 is 5.97 Å². The molecule has 2 N–H and O–H groups in total. The Morgan fingerprint density at radius 2 is 2.05 bits per heavy atom. The SMILES string of the molecule is CC(CN(C)C(=O)CNC(=O)c1cccc(Br)c1)C(=O)O. The topological polar surface area (TPSA) is 86.7 Å². The fourth-order valence-corrected chi connectivity index (χ4v) is 2.01. The van der Waals surface area contributed by atoms with Crippen LogP contribution in [0.2, 0.25) is 0 Å². The van der Waals surface area contributed by atoms with E-state index in [1.807, 2.05) is 0 Å². The van der Waals surface area contributed by atoms with Crippen molar-refractivity contribution in [2.75, 3.05) is 20.1 Å². The van der Waals surface area contributed by atoms with Gasteiger partial charge in [-0.3, -0.25) is 14.4 Å². The van der Waals surface area contributed by atoms with Gasteiger partial charge in [-0.15, -0.1) is 0 Å². The van der Waals surface area contributed by atoms with Crippen molar-refractivity contribution in [3.05, 3.63) is 34.3 Å². The number of rotatable bonds is 6. The molecule has 6 nitrogen and oxygen atoms in total. The summed E-state index contributed by atoms with van der Waals surface area (Å²) in [4.78, 5) is 35.7. The van der Waals surface area contributed by atoms with Crippen molar-refractivity contribution in [2.45, 2.75) is 6.92 Å². The van der Waals surface area contributed by atoms with Crippen molar-refractivity contribution < 1.29 is 19.5 Å². The Morgan fingerprint density at radius 3 is 2.62 bits per heavy atom. The van der Waals surface area contributed by atoms with Crippen LogP contribution in [0.5, 0.6) is 0 Å². The Labute approximate surface area is 131 Å². The average Bonchev–Trinajstić information content (AvgIpc) is 2.43. The lowest BCUT2D eigenvalue weighted by molar-refractivity contribution is -0.142. The maximum atomic E-state index is 11.9. The van der Waals surface area contributed by atoms with Gasteiger partial charge in [0.25, 0.3) is 5.91 Å². The van der Waals surface area contributed by atoms with Crippen LogP contribution >= 0.6 is 15.9 Å². The van der Waals surface area contributed by atoms with Crippen LogP contribution in [0.15, 0.2) is 28.7 Å². The molecule has 1 aromatic rings. The Bertz CT molecular complexity index is 548. The molecule has 0 saturated carbocycles. The van der Waals surface area contributed by atoms with E-state index in [4.69, 9.17) is 5.11 Å². The zero-order chi connectivity index (χ0) is 16.0. The van der Waals surface area contributed by atoms with Gasteiger partial charge in [-0.1, -0.05) is 28.9 Å². The van der Waals surface area contributed by atoms with E-state index in [9.17, 15) is 14.4 Å². The number of likely N-dealkylation sites (N-methyl/N-ethyl adjacent to an activating group) is 1. The average molecular weight is 357 g/mol. The summed E-state index contributed by atoms with van der Waals surface area (Å²) in [5.74, 6) is -2.32. The second kappa shape index (κ2) is 7.78. The Balaban J connectivity index is 2.49. The first-order valence-electron chi connectivity index (χ1n) is 6.31. The van der Waals surface area contributed by atoms with Gasteiger partial charge in [0.2, 0.25) is 5.91 Å². The fraction of sp³-hybridized carbons (Fsp3) is 0.357. The van der Waals surface area contributed by atoms with E-state index in [2.05, 4.69) is 21.2 Å². The number of carbonyl (C=O) groups is 3. The number of nitrogens with one attached hydrogen (secondary N) is 1. The van der Waals surface area contributed by atoms with Gasteiger partial charge in [0.05, 0.1) is 12.5 Å². The number of halogens is 1. The number of carboxylic acid groups (broad SMARTS) is 1. The van der Waals surface area contributed by atoms with Crippen molar-refractivity contribution in [1.29, 1.82) is 0 Å². The second-order valence-corrected chi connectivity index (χ2v) is 5.62. The molecular formula is C14H17BrN2O4. The summed E-state index contributed by atoms with van der Waals surface area (Å²) < 4.78 is 0.772. The molecule has 0 aromatic heterocycles. The molecule has 0 saturated heterocycles. The second-order valence-electron chi connectivity index (χ2n) is 4.71. The normalized spacial score (nSPS) is 11.6. The zero-order valence-electron chi connectivity index (χ0n) is 11.8. The van der Waals surface area contributed by atoms with Crippen LogP contribution in [0.4, 0.5) is 0 Å². The lowest BCUT2D eigenvalue weighted by Gasteiger charge is -2.19. The molecule has 21 heavy (non-hydrogen) atoms.